The molecule has 0 aliphatic heterocycles. The molecule has 2 N–H and O–H groups in total. The van der Waals surface area contributed by atoms with Gasteiger partial charge in [-0.3, -0.25) is 0 Å². The molecule has 0 aromatic carbocycles. The second-order valence-electron chi connectivity index (χ2n) is 1.75. The Morgan fingerprint density at radius 3 is 2.78 bits per heavy atom. The average molecular weight is 208 g/mol. The zero-order valence-corrected chi connectivity index (χ0v) is 8.30. The molecule has 0 aliphatic carbocycles. The van der Waals surface area contributed by atoms with E-state index >= 15 is 0 Å². The van der Waals surface area contributed by atoms with Gasteiger partial charge in [0.05, 0.1) is 0 Å². The molecule has 0 spiro atoms. The van der Waals surface area contributed by atoms with E-state index in [1.54, 1.807) is 11.8 Å². The van der Waals surface area contributed by atoms with Crippen molar-refractivity contribution in [3.63, 3.8) is 0 Å². The molecule has 0 saturated carbocycles. The van der Waals surface area contributed by atoms with Crippen molar-refractivity contribution in [3.8, 4) is 0 Å². The third-order valence-electron chi connectivity index (χ3n) is 0.970. The van der Waals surface area contributed by atoms with Gasteiger partial charge in [-0.1, -0.05) is 0 Å². The summed E-state index contributed by atoms with van der Waals surface area (Å²) in [5.74, 6) is 0.973. The summed E-state index contributed by atoms with van der Waals surface area (Å²) in [6.07, 6.45) is 2.81. The first kappa shape index (κ1) is 9.54. The summed E-state index contributed by atoms with van der Waals surface area (Å²) in [6.45, 7) is 0. The standard InChI is InChI=1S/C5H11AsNOS/c1-9-3-2-4(7)5(6)8/h4,6H,2-3,7H2,1H3/t4-/m0/s1. The van der Waals surface area contributed by atoms with Gasteiger partial charge in [0.2, 0.25) is 0 Å². The van der Waals surface area contributed by atoms with Crippen LogP contribution in [0, 0.1) is 0 Å². The number of nitrogens with two attached hydrogens (primary N) is 1. The summed E-state index contributed by atoms with van der Waals surface area (Å²) in [6, 6.07) is -0.238. The van der Waals surface area contributed by atoms with Gasteiger partial charge in [-0.15, -0.1) is 0 Å². The van der Waals surface area contributed by atoms with Gasteiger partial charge in [0.1, 0.15) is 0 Å². The summed E-state index contributed by atoms with van der Waals surface area (Å²) < 4.78 is 0.0871. The average Bonchev–Trinajstić information content (AvgIpc) is 1.82. The van der Waals surface area contributed by atoms with Crippen molar-refractivity contribution < 1.29 is 4.79 Å². The minimum atomic E-state index is -0.238. The van der Waals surface area contributed by atoms with Crippen molar-refractivity contribution in [1.29, 1.82) is 0 Å². The fourth-order valence-electron chi connectivity index (χ4n) is 0.376. The molecule has 0 aromatic heterocycles. The Kier molecular flexibility index (Phi) is 5.65. The molecule has 0 aliphatic rings. The molecule has 0 rings (SSSR count). The fourth-order valence-corrected chi connectivity index (χ4v) is 1.17. The Hall–Kier alpha value is 0.538. The van der Waals surface area contributed by atoms with Crippen molar-refractivity contribution in [3.05, 3.63) is 0 Å². The van der Waals surface area contributed by atoms with Crippen molar-refractivity contribution in [2.45, 2.75) is 12.5 Å². The monoisotopic (exact) mass is 208 g/mol. The molecule has 53 valence electrons. The van der Waals surface area contributed by atoms with Crippen LogP contribution in [-0.4, -0.2) is 39.5 Å². The topological polar surface area (TPSA) is 43.1 Å². The molecule has 0 heterocycles. The van der Waals surface area contributed by atoms with E-state index in [0.29, 0.717) is 0 Å². The van der Waals surface area contributed by atoms with Gasteiger partial charge in [0, 0.05) is 0 Å². The molecule has 0 aromatic rings. The molecular weight excluding hydrogens is 197 g/mol. The van der Waals surface area contributed by atoms with E-state index in [1.807, 2.05) is 6.26 Å². The van der Waals surface area contributed by atoms with Crippen molar-refractivity contribution >= 4 is 33.2 Å². The van der Waals surface area contributed by atoms with Crippen molar-refractivity contribution in [1.82, 2.24) is 0 Å². The van der Waals surface area contributed by atoms with Crippen molar-refractivity contribution in [2.24, 2.45) is 5.73 Å². The van der Waals surface area contributed by atoms with Crippen LogP contribution in [0.2, 0.25) is 0 Å². The molecule has 0 fully saturated rings. The van der Waals surface area contributed by atoms with Gasteiger partial charge in [0.15, 0.2) is 0 Å². The van der Waals surface area contributed by atoms with Gasteiger partial charge in [0.25, 0.3) is 0 Å². The third kappa shape index (κ3) is 5.01. The number of thioether (sulfide) groups is 1. The molecule has 2 nitrogen and oxygen atoms in total. The Morgan fingerprint density at radius 2 is 2.44 bits per heavy atom. The Bertz CT molecular complexity index is 99.0. The van der Waals surface area contributed by atoms with Gasteiger partial charge >= 0.3 is 68.2 Å². The van der Waals surface area contributed by atoms with Crippen molar-refractivity contribution in [2.75, 3.05) is 12.0 Å². The zero-order chi connectivity index (χ0) is 7.28. The summed E-state index contributed by atoms with van der Waals surface area (Å²) >= 11 is 3.25. The maximum absolute atomic E-state index is 10.5. The van der Waals surface area contributed by atoms with Crippen LogP contribution < -0.4 is 5.73 Å². The van der Waals surface area contributed by atoms with Gasteiger partial charge in [-0.25, -0.2) is 0 Å². The van der Waals surface area contributed by atoms with Gasteiger partial charge < -0.3 is 0 Å². The SMILES string of the molecule is CSCC[C@H](N)C(=O)[AsH]. The van der Waals surface area contributed by atoms with Gasteiger partial charge in [-0.05, 0) is 0 Å². The molecule has 9 heavy (non-hydrogen) atoms. The van der Waals surface area contributed by atoms with Crippen LogP contribution in [0.15, 0.2) is 0 Å². The molecule has 1 radical (unpaired) electrons. The van der Waals surface area contributed by atoms with Crippen LogP contribution in [-0.2, 0) is 4.79 Å². The number of rotatable bonds is 4. The molecule has 1 atom stereocenters. The molecule has 4 heteroatoms. The van der Waals surface area contributed by atoms with Gasteiger partial charge in [-0.2, -0.15) is 0 Å². The summed E-state index contributed by atoms with van der Waals surface area (Å²) in [7, 11) is 0. The fraction of sp³-hybridized carbons (Fsp3) is 0.800. The molecule has 0 bridgehead atoms. The molecule has 0 amide bonds. The first-order valence-electron chi connectivity index (χ1n) is 2.68. The van der Waals surface area contributed by atoms with Crippen LogP contribution in [0.25, 0.3) is 0 Å². The summed E-state index contributed by atoms with van der Waals surface area (Å²) in [4.78, 5) is 10.5. The second kappa shape index (κ2) is 5.33. The Balaban J connectivity index is 3.27. The zero-order valence-electron chi connectivity index (χ0n) is 5.39. The number of carbonyl (C=O) groups is 1. The van der Waals surface area contributed by atoms with Crippen LogP contribution >= 0.6 is 11.8 Å². The number of hydrogen-bond donors (Lipinski definition) is 1. The Morgan fingerprint density at radius 1 is 1.89 bits per heavy atom. The first-order chi connectivity index (χ1) is 4.18. The molecular formula is C5H11AsNOS. The van der Waals surface area contributed by atoms with E-state index in [2.05, 4.69) is 0 Å². The van der Waals surface area contributed by atoms with Crippen LogP contribution in [0.1, 0.15) is 6.42 Å². The quantitative estimate of drug-likeness (QED) is 0.633. The first-order valence-corrected chi connectivity index (χ1v) is 5.12. The normalized spacial score (nSPS) is 13.2. The van der Waals surface area contributed by atoms with E-state index in [9.17, 15) is 4.79 Å². The summed E-state index contributed by atoms with van der Waals surface area (Å²) in [5, 5.41) is 0. The number of carbonyl (C=O) groups excluding carboxylic acids is 1. The predicted molar refractivity (Wildman–Crippen MR) is 43.1 cm³/mol. The predicted octanol–water partition coefficient (Wildman–Crippen LogP) is -0.506. The number of hydrogen-bond acceptors (Lipinski definition) is 3. The van der Waals surface area contributed by atoms with E-state index < -0.39 is 0 Å². The summed E-state index contributed by atoms with van der Waals surface area (Å²) in [5.41, 5.74) is 5.44. The van der Waals surface area contributed by atoms with Crippen LogP contribution in [0.5, 0.6) is 0 Å². The second-order valence-corrected chi connectivity index (χ2v) is 3.77. The third-order valence-corrected chi connectivity index (χ3v) is 2.39. The van der Waals surface area contributed by atoms with E-state index in [0.717, 1.165) is 12.2 Å². The Labute approximate surface area is 68.4 Å². The minimum absolute atomic E-state index is 0.0871. The molecule has 0 unspecified atom stereocenters. The van der Waals surface area contributed by atoms with Crippen LogP contribution in [0.3, 0.4) is 0 Å². The maximum atomic E-state index is 10.5. The van der Waals surface area contributed by atoms with E-state index in [1.165, 1.54) is 16.9 Å². The van der Waals surface area contributed by atoms with E-state index in [-0.39, 0.29) is 10.6 Å². The van der Waals surface area contributed by atoms with Crippen LogP contribution in [0.4, 0.5) is 0 Å². The van der Waals surface area contributed by atoms with E-state index in [4.69, 9.17) is 5.73 Å². The molecule has 0 saturated heterocycles.